The first kappa shape index (κ1) is 31.0. The van der Waals surface area contributed by atoms with Crippen LogP contribution in [0.15, 0.2) is 89.8 Å². The van der Waals surface area contributed by atoms with Crippen molar-refractivity contribution < 1.29 is 18.0 Å². The van der Waals surface area contributed by atoms with E-state index in [1.54, 1.807) is 35.2 Å². The van der Waals surface area contributed by atoms with Crippen LogP contribution in [0.1, 0.15) is 49.8 Å². The summed E-state index contributed by atoms with van der Waals surface area (Å²) in [6.07, 6.45) is 1.60. The molecule has 3 rings (SSSR count). The van der Waals surface area contributed by atoms with Crippen LogP contribution in [0, 0.1) is 6.92 Å². The molecular weight excluding hydrogens is 522 g/mol. The third-order valence-corrected chi connectivity index (χ3v) is 8.89. The van der Waals surface area contributed by atoms with Crippen LogP contribution in [0.2, 0.25) is 0 Å². The van der Waals surface area contributed by atoms with Gasteiger partial charge in [0, 0.05) is 39.0 Å². The van der Waals surface area contributed by atoms with E-state index in [2.05, 4.69) is 5.32 Å². The van der Waals surface area contributed by atoms with Crippen LogP contribution in [0.4, 0.5) is 0 Å². The van der Waals surface area contributed by atoms with Gasteiger partial charge in [-0.3, -0.25) is 9.59 Å². The molecule has 3 aromatic rings. The van der Waals surface area contributed by atoms with E-state index in [1.807, 2.05) is 75.4 Å². The van der Waals surface area contributed by atoms with Gasteiger partial charge in [0.25, 0.3) is 0 Å². The molecule has 0 spiro atoms. The third-order valence-electron chi connectivity index (χ3n) is 7.02. The lowest BCUT2D eigenvalue weighted by atomic mass is 10.0. The molecule has 0 unspecified atom stereocenters. The van der Waals surface area contributed by atoms with Gasteiger partial charge >= 0.3 is 0 Å². The number of sulfonamides is 1. The molecule has 214 valence electrons. The molecular formula is C32H41N3O4S. The number of amides is 2. The topological polar surface area (TPSA) is 86.8 Å². The van der Waals surface area contributed by atoms with Crippen LogP contribution in [-0.2, 0) is 32.6 Å². The van der Waals surface area contributed by atoms with Crippen molar-refractivity contribution in [1.82, 2.24) is 14.5 Å². The Morgan fingerprint density at radius 2 is 1.52 bits per heavy atom. The second-order valence-corrected chi connectivity index (χ2v) is 12.3. The normalized spacial score (nSPS) is 13.0. The molecule has 0 saturated heterocycles. The van der Waals surface area contributed by atoms with E-state index in [4.69, 9.17) is 0 Å². The van der Waals surface area contributed by atoms with Crippen molar-refractivity contribution >= 4 is 21.8 Å². The monoisotopic (exact) mass is 563 g/mol. The van der Waals surface area contributed by atoms with Crippen LogP contribution < -0.4 is 5.32 Å². The number of carbonyl (C=O) groups is 2. The lowest BCUT2D eigenvalue weighted by molar-refractivity contribution is -0.141. The Morgan fingerprint density at radius 1 is 0.900 bits per heavy atom. The van der Waals surface area contributed by atoms with E-state index >= 15 is 0 Å². The van der Waals surface area contributed by atoms with Crippen molar-refractivity contribution in [3.8, 4) is 0 Å². The number of hydrogen-bond donors (Lipinski definition) is 1. The van der Waals surface area contributed by atoms with Gasteiger partial charge in [-0.15, -0.1) is 0 Å². The number of benzene rings is 3. The summed E-state index contributed by atoms with van der Waals surface area (Å²) in [5.41, 5.74) is 2.97. The zero-order chi connectivity index (χ0) is 29.1. The number of aryl methyl sites for hydroxylation is 1. The van der Waals surface area contributed by atoms with Gasteiger partial charge in [0.2, 0.25) is 21.8 Å². The fraction of sp³-hybridized carbons (Fsp3) is 0.375. The number of nitrogens with zero attached hydrogens (tertiary/aromatic N) is 2. The molecule has 2 amide bonds. The van der Waals surface area contributed by atoms with Crippen LogP contribution >= 0.6 is 0 Å². The molecule has 0 bridgehead atoms. The Morgan fingerprint density at radius 3 is 2.15 bits per heavy atom. The minimum Gasteiger partial charge on any atom is -0.352 e. The number of hydrogen-bond acceptors (Lipinski definition) is 4. The lowest BCUT2D eigenvalue weighted by Gasteiger charge is -2.32. The molecule has 8 heteroatoms. The summed E-state index contributed by atoms with van der Waals surface area (Å²) in [7, 11) is -2.13. The molecule has 1 N–H and O–H groups in total. The van der Waals surface area contributed by atoms with Crippen LogP contribution in [-0.4, -0.2) is 55.1 Å². The molecule has 40 heavy (non-hydrogen) atoms. The fourth-order valence-corrected chi connectivity index (χ4v) is 5.72. The zero-order valence-corrected chi connectivity index (χ0v) is 24.7. The van der Waals surface area contributed by atoms with Crippen molar-refractivity contribution in [2.24, 2.45) is 0 Å². The SMILES string of the molecule is CC[C@@H](C)NC(=O)[C@@H](Cc1ccccc1)N(Cc1cccc(C)c1)C(=O)CCCN(C)S(=O)(=O)c1ccccc1. The highest BCUT2D eigenvalue weighted by Gasteiger charge is 2.31. The molecule has 0 aliphatic heterocycles. The van der Waals surface area contributed by atoms with Gasteiger partial charge < -0.3 is 10.2 Å². The van der Waals surface area contributed by atoms with Crippen molar-refractivity contribution in [3.63, 3.8) is 0 Å². The van der Waals surface area contributed by atoms with Gasteiger partial charge in [0.1, 0.15) is 6.04 Å². The molecule has 0 aliphatic carbocycles. The summed E-state index contributed by atoms with van der Waals surface area (Å²) in [5.74, 6) is -0.379. The Balaban J connectivity index is 1.83. The zero-order valence-electron chi connectivity index (χ0n) is 23.9. The molecule has 0 aromatic heterocycles. The first-order valence-corrected chi connectivity index (χ1v) is 15.3. The van der Waals surface area contributed by atoms with Gasteiger partial charge in [0.05, 0.1) is 4.90 Å². The Kier molecular flexibility index (Phi) is 11.5. The summed E-state index contributed by atoms with van der Waals surface area (Å²) in [4.78, 5) is 29.3. The maximum absolute atomic E-state index is 13.8. The average molecular weight is 564 g/mol. The summed E-state index contributed by atoms with van der Waals surface area (Å²) >= 11 is 0. The highest BCUT2D eigenvalue weighted by Crippen LogP contribution is 2.19. The fourth-order valence-electron chi connectivity index (χ4n) is 4.49. The molecule has 7 nitrogen and oxygen atoms in total. The Labute approximate surface area is 239 Å². The number of nitrogens with one attached hydrogen (secondary N) is 1. The largest absolute Gasteiger partial charge is 0.352 e. The first-order chi connectivity index (χ1) is 19.1. The molecule has 0 fully saturated rings. The maximum Gasteiger partial charge on any atom is 0.243 e. The van der Waals surface area contributed by atoms with Crippen molar-refractivity contribution in [2.45, 2.75) is 70.0 Å². The van der Waals surface area contributed by atoms with E-state index in [1.165, 1.54) is 11.4 Å². The van der Waals surface area contributed by atoms with Crippen LogP contribution in [0.5, 0.6) is 0 Å². The van der Waals surface area contributed by atoms with Crippen LogP contribution in [0.3, 0.4) is 0 Å². The molecule has 0 heterocycles. The van der Waals surface area contributed by atoms with E-state index < -0.39 is 16.1 Å². The van der Waals surface area contributed by atoms with Gasteiger partial charge in [-0.2, -0.15) is 0 Å². The van der Waals surface area contributed by atoms with Gasteiger partial charge in [0.15, 0.2) is 0 Å². The summed E-state index contributed by atoms with van der Waals surface area (Å²) in [6, 6.07) is 25.1. The molecule has 3 aromatic carbocycles. The predicted molar refractivity (Wildman–Crippen MR) is 159 cm³/mol. The molecule has 2 atom stereocenters. The van der Waals surface area contributed by atoms with Crippen molar-refractivity contribution in [1.29, 1.82) is 0 Å². The van der Waals surface area contributed by atoms with E-state index in [0.717, 1.165) is 23.1 Å². The van der Waals surface area contributed by atoms with Crippen molar-refractivity contribution in [2.75, 3.05) is 13.6 Å². The maximum atomic E-state index is 13.8. The number of rotatable bonds is 14. The van der Waals surface area contributed by atoms with Crippen LogP contribution in [0.25, 0.3) is 0 Å². The second-order valence-electron chi connectivity index (χ2n) is 10.3. The molecule has 0 aliphatic rings. The van der Waals surface area contributed by atoms with Gasteiger partial charge in [-0.25, -0.2) is 12.7 Å². The smallest absolute Gasteiger partial charge is 0.243 e. The highest BCUT2D eigenvalue weighted by molar-refractivity contribution is 7.89. The van der Waals surface area contributed by atoms with E-state index in [9.17, 15) is 18.0 Å². The summed E-state index contributed by atoms with van der Waals surface area (Å²) < 4.78 is 27.1. The second kappa shape index (κ2) is 14.8. The van der Waals surface area contributed by atoms with Gasteiger partial charge in [-0.1, -0.05) is 85.3 Å². The third kappa shape index (κ3) is 8.76. The van der Waals surface area contributed by atoms with E-state index in [-0.39, 0.29) is 42.3 Å². The summed E-state index contributed by atoms with van der Waals surface area (Å²) in [5, 5.41) is 3.07. The first-order valence-electron chi connectivity index (χ1n) is 13.8. The number of carbonyl (C=O) groups excluding carboxylic acids is 2. The predicted octanol–water partition coefficient (Wildman–Crippen LogP) is 4.95. The standard InChI is InChI=1S/C32H41N3O4S/c1-5-26(3)33-32(37)30(23-27-15-8-6-9-16-27)35(24-28-17-12-14-25(2)22-28)31(36)20-13-21-34(4)40(38,39)29-18-10-7-11-19-29/h6-12,14-19,22,26,30H,5,13,20-21,23-24H2,1-4H3,(H,33,37)/t26-,30-/m1/s1. The summed E-state index contributed by atoms with van der Waals surface area (Å²) in [6.45, 7) is 6.42. The molecule has 0 saturated carbocycles. The minimum atomic E-state index is -3.65. The highest BCUT2D eigenvalue weighted by atomic mass is 32.2. The van der Waals surface area contributed by atoms with E-state index in [0.29, 0.717) is 12.8 Å². The Hall–Kier alpha value is -3.49. The average Bonchev–Trinajstić information content (AvgIpc) is 2.95. The van der Waals surface area contributed by atoms with Crippen molar-refractivity contribution in [3.05, 3.63) is 102 Å². The minimum absolute atomic E-state index is 0.0291. The molecule has 0 radical (unpaired) electrons. The van der Waals surface area contributed by atoms with Gasteiger partial charge in [-0.05, 0) is 49.9 Å². The quantitative estimate of drug-likeness (QED) is 0.301. The lowest BCUT2D eigenvalue weighted by Crippen LogP contribution is -2.52. The Bertz CT molecular complexity index is 1350.